The maximum absolute atomic E-state index is 13.3. The number of rotatable bonds is 6. The van der Waals surface area contributed by atoms with E-state index in [1.54, 1.807) is 6.08 Å². The Bertz CT molecular complexity index is 1220. The molecule has 5 rings (SSSR count). The van der Waals surface area contributed by atoms with Gasteiger partial charge in [0, 0.05) is 35.2 Å². The molecule has 1 amide bonds. The maximum Gasteiger partial charge on any atom is 0.251 e. The van der Waals surface area contributed by atoms with Gasteiger partial charge in [-0.25, -0.2) is 0 Å². The summed E-state index contributed by atoms with van der Waals surface area (Å²) in [5.41, 5.74) is 2.15. The van der Waals surface area contributed by atoms with Crippen molar-refractivity contribution in [1.29, 1.82) is 0 Å². The zero-order chi connectivity index (χ0) is 26.5. The van der Waals surface area contributed by atoms with Crippen LogP contribution >= 0.6 is 0 Å². The lowest BCUT2D eigenvalue weighted by atomic mass is 9.52. The number of phenols is 2. The fraction of sp³-hybridized carbons (Fsp3) is 0.516. The summed E-state index contributed by atoms with van der Waals surface area (Å²) in [6.45, 7) is 11.7. The van der Waals surface area contributed by atoms with E-state index in [0.717, 1.165) is 29.8 Å². The topological polar surface area (TPSA) is 93.0 Å². The van der Waals surface area contributed by atoms with Crippen molar-refractivity contribution in [2.24, 2.45) is 5.92 Å². The third-order valence-electron chi connectivity index (χ3n) is 9.49. The van der Waals surface area contributed by atoms with Crippen molar-refractivity contribution in [2.45, 2.75) is 82.4 Å². The number of carbonyl (C=O) groups is 1. The van der Waals surface area contributed by atoms with Crippen LogP contribution in [-0.2, 0) is 5.41 Å². The fourth-order valence-corrected chi connectivity index (χ4v) is 7.09. The molecule has 4 N–H and O–H groups in total. The van der Waals surface area contributed by atoms with Crippen LogP contribution in [0.5, 0.6) is 11.5 Å². The highest BCUT2D eigenvalue weighted by atomic mass is 16.3. The SMILES string of the molecule is C=Cc1cc(C(=O)NC2CCC3(O)C(C)N(CC4CC4)CCC3(c3c(C)ccc(O)c3O)C2)ccc1C. The molecule has 1 aliphatic heterocycles. The lowest BCUT2D eigenvalue weighted by molar-refractivity contribution is -0.159. The van der Waals surface area contributed by atoms with Crippen molar-refractivity contribution >= 4 is 12.0 Å². The number of fused-ring (bicyclic) bond motifs is 1. The number of aryl methyl sites for hydroxylation is 2. The zero-order valence-corrected chi connectivity index (χ0v) is 22.3. The van der Waals surface area contributed by atoms with Gasteiger partial charge in [0.15, 0.2) is 11.5 Å². The molecule has 0 bridgehead atoms. The number of amides is 1. The lowest BCUT2D eigenvalue weighted by Gasteiger charge is -2.61. The minimum absolute atomic E-state index is 0.105. The second-order valence-electron chi connectivity index (χ2n) is 11.7. The predicted octanol–water partition coefficient (Wildman–Crippen LogP) is 4.81. The molecule has 0 spiro atoms. The van der Waals surface area contributed by atoms with Gasteiger partial charge in [0.2, 0.25) is 0 Å². The minimum Gasteiger partial charge on any atom is -0.504 e. The molecule has 2 saturated carbocycles. The Labute approximate surface area is 220 Å². The highest BCUT2D eigenvalue weighted by molar-refractivity contribution is 5.95. The van der Waals surface area contributed by atoms with Crippen LogP contribution in [0.15, 0.2) is 36.9 Å². The lowest BCUT2D eigenvalue weighted by Crippen LogP contribution is -2.71. The van der Waals surface area contributed by atoms with Gasteiger partial charge in [-0.15, -0.1) is 0 Å². The number of phenolic OH excluding ortho intramolecular Hbond substituents is 2. The number of nitrogens with zero attached hydrogens (tertiary/aromatic N) is 1. The molecule has 2 aromatic rings. The monoisotopic (exact) mass is 504 g/mol. The summed E-state index contributed by atoms with van der Waals surface area (Å²) >= 11 is 0. The van der Waals surface area contributed by atoms with E-state index < -0.39 is 11.0 Å². The molecule has 1 saturated heterocycles. The maximum atomic E-state index is 13.3. The summed E-state index contributed by atoms with van der Waals surface area (Å²) in [6.07, 6.45) is 6.54. The largest absolute Gasteiger partial charge is 0.504 e. The van der Waals surface area contributed by atoms with E-state index in [-0.39, 0.29) is 29.5 Å². The number of aromatic hydroxyl groups is 2. The van der Waals surface area contributed by atoms with Gasteiger partial charge >= 0.3 is 0 Å². The molecule has 6 heteroatoms. The smallest absolute Gasteiger partial charge is 0.251 e. The van der Waals surface area contributed by atoms with E-state index in [9.17, 15) is 20.1 Å². The molecule has 6 nitrogen and oxygen atoms in total. The summed E-state index contributed by atoms with van der Waals surface area (Å²) in [5.74, 6) is 0.236. The van der Waals surface area contributed by atoms with Gasteiger partial charge in [-0.1, -0.05) is 24.8 Å². The highest BCUT2D eigenvalue weighted by Gasteiger charge is 2.62. The van der Waals surface area contributed by atoms with Gasteiger partial charge < -0.3 is 20.6 Å². The van der Waals surface area contributed by atoms with Crippen LogP contribution in [0.1, 0.15) is 78.1 Å². The van der Waals surface area contributed by atoms with Crippen LogP contribution in [0.3, 0.4) is 0 Å². The summed E-state index contributed by atoms with van der Waals surface area (Å²) in [4.78, 5) is 15.7. The number of hydrogen-bond donors (Lipinski definition) is 4. The van der Waals surface area contributed by atoms with Gasteiger partial charge in [0.05, 0.1) is 5.60 Å². The molecule has 3 aliphatic rings. The van der Waals surface area contributed by atoms with Crippen LogP contribution in [-0.4, -0.2) is 56.9 Å². The minimum atomic E-state index is -1.10. The van der Waals surface area contributed by atoms with E-state index in [0.29, 0.717) is 42.7 Å². The van der Waals surface area contributed by atoms with Gasteiger partial charge in [-0.2, -0.15) is 0 Å². The van der Waals surface area contributed by atoms with Crippen molar-refractivity contribution in [3.8, 4) is 11.5 Å². The van der Waals surface area contributed by atoms with Crippen LogP contribution in [0.2, 0.25) is 0 Å². The molecule has 0 aromatic heterocycles. The third kappa shape index (κ3) is 4.34. The van der Waals surface area contributed by atoms with Crippen LogP contribution in [0.4, 0.5) is 0 Å². The van der Waals surface area contributed by atoms with Crippen molar-refractivity contribution in [2.75, 3.05) is 13.1 Å². The predicted molar refractivity (Wildman–Crippen MR) is 146 cm³/mol. The van der Waals surface area contributed by atoms with Crippen molar-refractivity contribution in [1.82, 2.24) is 10.2 Å². The summed E-state index contributed by atoms with van der Waals surface area (Å²) in [5, 5.41) is 37.4. The van der Waals surface area contributed by atoms with Gasteiger partial charge in [0.25, 0.3) is 5.91 Å². The van der Waals surface area contributed by atoms with E-state index in [2.05, 4.69) is 23.7 Å². The van der Waals surface area contributed by atoms with Crippen molar-refractivity contribution < 1.29 is 20.1 Å². The molecule has 4 atom stereocenters. The molecule has 2 aliphatic carbocycles. The van der Waals surface area contributed by atoms with Crippen LogP contribution in [0.25, 0.3) is 6.08 Å². The van der Waals surface area contributed by atoms with E-state index in [1.165, 1.54) is 18.9 Å². The number of likely N-dealkylation sites (tertiary alicyclic amines) is 1. The molecule has 3 fully saturated rings. The summed E-state index contributed by atoms with van der Waals surface area (Å²) < 4.78 is 0. The average molecular weight is 505 g/mol. The van der Waals surface area contributed by atoms with Crippen molar-refractivity contribution in [3.63, 3.8) is 0 Å². The molecule has 1 heterocycles. The average Bonchev–Trinajstić information content (AvgIpc) is 3.69. The number of carbonyl (C=O) groups excluding carboxylic acids is 1. The Morgan fingerprint density at radius 1 is 1.14 bits per heavy atom. The Kier molecular flexibility index (Phi) is 6.61. The molecule has 2 aromatic carbocycles. The number of hydrogen-bond acceptors (Lipinski definition) is 5. The van der Waals surface area contributed by atoms with Gasteiger partial charge in [0.1, 0.15) is 0 Å². The van der Waals surface area contributed by atoms with Gasteiger partial charge in [-0.3, -0.25) is 9.69 Å². The van der Waals surface area contributed by atoms with Crippen LogP contribution < -0.4 is 5.32 Å². The molecular weight excluding hydrogens is 464 g/mol. The second kappa shape index (κ2) is 9.48. The van der Waals surface area contributed by atoms with Gasteiger partial charge in [-0.05, 0) is 107 Å². The quantitative estimate of drug-likeness (QED) is 0.424. The highest BCUT2D eigenvalue weighted by Crippen LogP contribution is 2.58. The normalized spacial score (nSPS) is 29.9. The zero-order valence-electron chi connectivity index (χ0n) is 22.3. The standard InChI is InChI=1S/C31H40N2O4/c1-5-23-16-24(10-6-19(23)2)29(36)32-25-12-13-31(37)21(4)33(18-22-8-9-22)15-14-30(31,17-25)27-20(3)7-11-26(34)28(27)35/h5-7,10-11,16,21-22,25,34-35,37H,1,8-9,12-15,17-18H2,2-4H3,(H,32,36). The molecule has 4 unspecified atom stereocenters. The first-order valence-corrected chi connectivity index (χ1v) is 13.6. The molecular formula is C31H40N2O4. The fourth-order valence-electron chi connectivity index (χ4n) is 7.09. The first-order valence-electron chi connectivity index (χ1n) is 13.6. The first-order chi connectivity index (χ1) is 17.6. The van der Waals surface area contributed by atoms with Crippen LogP contribution in [0, 0.1) is 19.8 Å². The number of benzene rings is 2. The molecule has 198 valence electrons. The Morgan fingerprint density at radius 3 is 2.57 bits per heavy atom. The second-order valence-corrected chi connectivity index (χ2v) is 11.7. The van der Waals surface area contributed by atoms with E-state index in [4.69, 9.17) is 0 Å². The Morgan fingerprint density at radius 2 is 1.86 bits per heavy atom. The van der Waals surface area contributed by atoms with E-state index >= 15 is 0 Å². The summed E-state index contributed by atoms with van der Waals surface area (Å²) in [6, 6.07) is 8.65. The van der Waals surface area contributed by atoms with E-state index in [1.807, 2.05) is 38.1 Å². The Hall–Kier alpha value is -2.83. The molecule has 37 heavy (non-hydrogen) atoms. The van der Waals surface area contributed by atoms with Crippen molar-refractivity contribution in [3.05, 3.63) is 64.7 Å². The third-order valence-corrected chi connectivity index (χ3v) is 9.49. The first kappa shape index (κ1) is 25.8. The number of piperidine rings is 1. The molecule has 0 radical (unpaired) electrons. The number of nitrogens with one attached hydrogen (secondary N) is 1. The Balaban J connectivity index is 1.50. The number of aliphatic hydroxyl groups is 1. The summed E-state index contributed by atoms with van der Waals surface area (Å²) in [7, 11) is 0.